The molecular weight excluding hydrogens is 400 g/mol. The predicted octanol–water partition coefficient (Wildman–Crippen LogP) is 3.53. The van der Waals surface area contributed by atoms with Crippen LogP contribution in [0.25, 0.3) is 0 Å². The summed E-state index contributed by atoms with van der Waals surface area (Å²) in [5.41, 5.74) is 0.886. The Balaban J connectivity index is 1.78. The zero-order valence-corrected chi connectivity index (χ0v) is 18.3. The minimum Gasteiger partial charge on any atom is -0.481 e. The molecule has 31 heavy (non-hydrogen) atoms. The van der Waals surface area contributed by atoms with Crippen molar-refractivity contribution in [1.82, 2.24) is 0 Å². The first-order valence-electron chi connectivity index (χ1n) is 10.9. The standard InChI is InChI=1S/C24H32O7/c1-15-4-7-18-23(2,17(15)6-5-16-11-13-30-22(16)29)12-10-19(25)24(18,3)14-31-21(28)9-8-20(26)27/h5,11,13,17-19,25H,1,4,6-10,12,14H2,2-3H3,(H,26,27)/t17?,18?,19-,23+,24+/m1/s1. The summed E-state index contributed by atoms with van der Waals surface area (Å²) in [5.74, 6) is -1.72. The molecule has 0 saturated heterocycles. The van der Waals surface area contributed by atoms with E-state index in [1.165, 1.54) is 6.26 Å². The number of hydrogen-bond acceptors (Lipinski definition) is 6. The van der Waals surface area contributed by atoms with E-state index in [4.69, 9.17) is 14.6 Å². The molecule has 2 saturated carbocycles. The Morgan fingerprint density at radius 2 is 2.06 bits per heavy atom. The Labute approximate surface area is 182 Å². The van der Waals surface area contributed by atoms with Crippen LogP contribution in [0.5, 0.6) is 0 Å². The fraction of sp³-hybridized carbons (Fsp3) is 0.625. The van der Waals surface area contributed by atoms with Crippen LogP contribution < -0.4 is 0 Å². The van der Waals surface area contributed by atoms with Gasteiger partial charge < -0.3 is 19.7 Å². The van der Waals surface area contributed by atoms with Gasteiger partial charge in [-0.25, -0.2) is 4.79 Å². The lowest BCUT2D eigenvalue weighted by Crippen LogP contribution is -2.57. The van der Waals surface area contributed by atoms with Crippen LogP contribution in [0, 0.1) is 22.7 Å². The lowest BCUT2D eigenvalue weighted by atomic mass is 9.46. The third-order valence-electron chi connectivity index (χ3n) is 7.67. The number of carboxylic acid groups (broad SMARTS) is 1. The molecule has 0 radical (unpaired) electrons. The highest BCUT2D eigenvalue weighted by atomic mass is 16.5. The summed E-state index contributed by atoms with van der Waals surface area (Å²) >= 11 is 0. The fourth-order valence-electron chi connectivity index (χ4n) is 5.84. The van der Waals surface area contributed by atoms with Crippen LogP contribution in [0.2, 0.25) is 0 Å². The Bertz CT molecular complexity index is 826. The summed E-state index contributed by atoms with van der Waals surface area (Å²) in [7, 11) is 0. The molecular formula is C24H32O7. The van der Waals surface area contributed by atoms with Crippen LogP contribution >= 0.6 is 0 Å². The first-order valence-corrected chi connectivity index (χ1v) is 10.9. The van der Waals surface area contributed by atoms with Gasteiger partial charge in [-0.2, -0.15) is 0 Å². The van der Waals surface area contributed by atoms with Gasteiger partial charge in [-0.3, -0.25) is 9.59 Å². The smallest absolute Gasteiger partial charge is 0.342 e. The minimum atomic E-state index is -1.04. The Morgan fingerprint density at radius 3 is 2.71 bits per heavy atom. The number of carboxylic acids is 1. The molecule has 170 valence electrons. The lowest BCUT2D eigenvalue weighted by molar-refractivity contribution is -0.175. The van der Waals surface area contributed by atoms with E-state index < -0.39 is 23.5 Å². The van der Waals surface area contributed by atoms with E-state index in [1.807, 2.05) is 13.0 Å². The molecule has 7 nitrogen and oxygen atoms in total. The molecule has 0 spiro atoms. The molecule has 3 rings (SSSR count). The van der Waals surface area contributed by atoms with Crippen molar-refractivity contribution in [3.8, 4) is 0 Å². The summed E-state index contributed by atoms with van der Waals surface area (Å²) in [6, 6.07) is 0. The molecule has 7 heteroatoms. The van der Waals surface area contributed by atoms with Crippen molar-refractivity contribution in [1.29, 1.82) is 0 Å². The number of allylic oxidation sites excluding steroid dienone is 2. The van der Waals surface area contributed by atoms with Crippen LogP contribution in [0.1, 0.15) is 58.8 Å². The van der Waals surface area contributed by atoms with Gasteiger partial charge in [-0.15, -0.1) is 0 Å². The van der Waals surface area contributed by atoms with Crippen LogP contribution in [-0.2, 0) is 23.9 Å². The third-order valence-corrected chi connectivity index (χ3v) is 7.67. The van der Waals surface area contributed by atoms with Gasteiger partial charge in [0.15, 0.2) is 0 Å². The number of aliphatic hydroxyl groups is 1. The molecule has 2 fully saturated rings. The van der Waals surface area contributed by atoms with Crippen molar-refractivity contribution in [2.75, 3.05) is 6.61 Å². The molecule has 3 aliphatic rings. The van der Waals surface area contributed by atoms with Crippen LogP contribution in [0.4, 0.5) is 0 Å². The average Bonchev–Trinajstić information content (AvgIpc) is 3.12. The van der Waals surface area contributed by atoms with E-state index in [-0.39, 0.29) is 42.7 Å². The van der Waals surface area contributed by atoms with E-state index in [0.29, 0.717) is 18.4 Å². The van der Waals surface area contributed by atoms with E-state index in [1.54, 1.807) is 6.08 Å². The van der Waals surface area contributed by atoms with Gasteiger partial charge in [0.05, 0.1) is 37.4 Å². The molecule has 1 aliphatic heterocycles. The fourth-order valence-corrected chi connectivity index (χ4v) is 5.84. The average molecular weight is 433 g/mol. The summed E-state index contributed by atoms with van der Waals surface area (Å²) in [5, 5.41) is 19.7. The third kappa shape index (κ3) is 4.61. The van der Waals surface area contributed by atoms with Crippen molar-refractivity contribution in [2.45, 2.75) is 64.9 Å². The maximum Gasteiger partial charge on any atom is 0.342 e. The van der Waals surface area contributed by atoms with Gasteiger partial charge in [0, 0.05) is 5.41 Å². The molecule has 2 unspecified atom stereocenters. The zero-order chi connectivity index (χ0) is 22.8. The molecule has 0 aromatic heterocycles. The summed E-state index contributed by atoms with van der Waals surface area (Å²) < 4.78 is 10.3. The lowest BCUT2D eigenvalue weighted by Gasteiger charge is -2.60. The van der Waals surface area contributed by atoms with Crippen molar-refractivity contribution in [3.63, 3.8) is 0 Å². The summed E-state index contributed by atoms with van der Waals surface area (Å²) in [6.07, 6.45) is 7.60. The SMILES string of the molecule is C=C1CCC2[C@@](C)(CC[C@@H](O)[C@@]2(C)COC(=O)CCC(=O)O)C1CC=C1C=COC1=O. The first-order chi connectivity index (χ1) is 14.6. The number of ether oxygens (including phenoxy) is 2. The molecule has 2 aliphatic carbocycles. The second-order valence-electron chi connectivity index (χ2n) is 9.53. The van der Waals surface area contributed by atoms with Crippen molar-refractivity contribution in [2.24, 2.45) is 22.7 Å². The number of fused-ring (bicyclic) bond motifs is 1. The van der Waals surface area contributed by atoms with Gasteiger partial charge in [0.1, 0.15) is 0 Å². The maximum atomic E-state index is 12.0. The van der Waals surface area contributed by atoms with Gasteiger partial charge in [-0.05, 0) is 55.4 Å². The molecule has 1 heterocycles. The number of carbonyl (C=O) groups is 3. The monoisotopic (exact) mass is 432 g/mol. The number of aliphatic hydroxyl groups excluding tert-OH is 1. The Morgan fingerprint density at radius 1 is 1.32 bits per heavy atom. The second kappa shape index (κ2) is 8.99. The second-order valence-corrected chi connectivity index (χ2v) is 9.53. The zero-order valence-electron chi connectivity index (χ0n) is 18.3. The number of rotatable bonds is 7. The number of hydrogen-bond donors (Lipinski definition) is 2. The number of cyclic esters (lactones) is 1. The predicted molar refractivity (Wildman–Crippen MR) is 113 cm³/mol. The van der Waals surface area contributed by atoms with Gasteiger partial charge >= 0.3 is 17.9 Å². The molecule has 0 bridgehead atoms. The molecule has 2 N–H and O–H groups in total. The van der Waals surface area contributed by atoms with Crippen LogP contribution in [-0.4, -0.2) is 40.8 Å². The number of aliphatic carboxylic acids is 1. The number of carbonyl (C=O) groups excluding carboxylic acids is 2. The van der Waals surface area contributed by atoms with Gasteiger partial charge in [-0.1, -0.05) is 32.1 Å². The summed E-state index contributed by atoms with van der Waals surface area (Å²) in [6.45, 7) is 8.54. The van der Waals surface area contributed by atoms with E-state index in [2.05, 4.69) is 13.5 Å². The van der Waals surface area contributed by atoms with Crippen molar-refractivity contribution >= 4 is 17.9 Å². The highest BCUT2D eigenvalue weighted by Gasteiger charge is 2.58. The maximum absolute atomic E-state index is 12.0. The van der Waals surface area contributed by atoms with Crippen molar-refractivity contribution in [3.05, 3.63) is 36.1 Å². The molecule has 0 aromatic rings. The van der Waals surface area contributed by atoms with Crippen LogP contribution in [0.3, 0.4) is 0 Å². The van der Waals surface area contributed by atoms with E-state index in [0.717, 1.165) is 24.8 Å². The molecule has 0 aromatic carbocycles. The van der Waals surface area contributed by atoms with Gasteiger partial charge in [0.25, 0.3) is 0 Å². The van der Waals surface area contributed by atoms with E-state index in [9.17, 15) is 19.5 Å². The highest BCUT2D eigenvalue weighted by molar-refractivity contribution is 5.94. The van der Waals surface area contributed by atoms with E-state index >= 15 is 0 Å². The molecule has 0 amide bonds. The number of esters is 2. The molecule has 5 atom stereocenters. The highest BCUT2D eigenvalue weighted by Crippen LogP contribution is 2.61. The van der Waals surface area contributed by atoms with Crippen molar-refractivity contribution < 1.29 is 34.1 Å². The van der Waals surface area contributed by atoms with Gasteiger partial charge in [0.2, 0.25) is 0 Å². The quantitative estimate of drug-likeness (QED) is 0.360. The Kier molecular flexibility index (Phi) is 6.74. The van der Waals surface area contributed by atoms with Crippen LogP contribution in [0.15, 0.2) is 36.1 Å². The minimum absolute atomic E-state index is 0.0578. The largest absolute Gasteiger partial charge is 0.481 e. The first kappa shape index (κ1) is 23.3. The normalized spacial score (nSPS) is 36.2. The summed E-state index contributed by atoms with van der Waals surface area (Å²) in [4.78, 5) is 34.5. The Hall–Kier alpha value is -2.41. The topological polar surface area (TPSA) is 110 Å².